The molecule has 1 rings (SSSR count). The Morgan fingerprint density at radius 3 is 3.07 bits per heavy atom. The minimum atomic E-state index is -0.312. The number of aryl methyl sites for hydroxylation is 1. The number of ether oxygens (including phenoxy) is 1. The van der Waals surface area contributed by atoms with E-state index >= 15 is 0 Å². The summed E-state index contributed by atoms with van der Waals surface area (Å²) in [6, 6.07) is 0. The van der Waals surface area contributed by atoms with Crippen LogP contribution in [0.2, 0.25) is 0 Å². The van der Waals surface area contributed by atoms with Gasteiger partial charge in [-0.1, -0.05) is 0 Å². The second-order valence-corrected chi connectivity index (χ2v) is 3.62. The number of rotatable bonds is 7. The zero-order chi connectivity index (χ0) is 11.1. The molecular weight excluding hydrogens is 192 g/mol. The van der Waals surface area contributed by atoms with E-state index in [0.717, 1.165) is 25.2 Å². The molecule has 0 saturated heterocycles. The van der Waals surface area contributed by atoms with E-state index < -0.39 is 0 Å². The summed E-state index contributed by atoms with van der Waals surface area (Å²) >= 11 is 0. The number of nitrogens with zero attached hydrogens (tertiary/aromatic N) is 2. The molecule has 0 saturated carbocycles. The van der Waals surface area contributed by atoms with Crippen molar-refractivity contribution in [2.24, 2.45) is 0 Å². The maximum absolute atomic E-state index is 9.76. The zero-order valence-electron chi connectivity index (χ0n) is 9.52. The van der Waals surface area contributed by atoms with E-state index in [9.17, 15) is 5.11 Å². The zero-order valence-corrected chi connectivity index (χ0v) is 9.52. The molecule has 0 fully saturated rings. The van der Waals surface area contributed by atoms with Gasteiger partial charge in [0.1, 0.15) is 5.82 Å². The lowest BCUT2D eigenvalue weighted by atomic mass is 10.1. The molecule has 1 heterocycles. The first-order chi connectivity index (χ1) is 7.27. The van der Waals surface area contributed by atoms with Gasteiger partial charge in [0, 0.05) is 39.1 Å². The van der Waals surface area contributed by atoms with Crippen LogP contribution in [0.15, 0.2) is 12.4 Å². The van der Waals surface area contributed by atoms with E-state index in [1.54, 1.807) is 13.3 Å². The van der Waals surface area contributed by atoms with Crippen LogP contribution in [0.4, 0.5) is 0 Å². The second-order valence-electron chi connectivity index (χ2n) is 3.62. The topological polar surface area (TPSA) is 47.3 Å². The van der Waals surface area contributed by atoms with E-state index in [0.29, 0.717) is 13.0 Å². The molecule has 1 aromatic heterocycles. The molecule has 0 aliphatic heterocycles. The molecule has 86 valence electrons. The molecule has 1 atom stereocenters. The lowest BCUT2D eigenvalue weighted by molar-refractivity contribution is 0.133. The third-order valence-electron chi connectivity index (χ3n) is 2.45. The fourth-order valence-electron chi connectivity index (χ4n) is 1.59. The van der Waals surface area contributed by atoms with Crippen molar-refractivity contribution in [2.75, 3.05) is 13.7 Å². The summed E-state index contributed by atoms with van der Waals surface area (Å²) in [5, 5.41) is 9.76. The van der Waals surface area contributed by atoms with Crippen LogP contribution in [0.5, 0.6) is 0 Å². The third-order valence-corrected chi connectivity index (χ3v) is 2.45. The number of aliphatic hydroxyl groups excluding tert-OH is 1. The number of hydrogen-bond donors (Lipinski definition) is 1. The summed E-state index contributed by atoms with van der Waals surface area (Å²) in [7, 11) is 1.68. The highest BCUT2D eigenvalue weighted by Crippen LogP contribution is 2.06. The predicted molar refractivity (Wildman–Crippen MR) is 58.7 cm³/mol. The van der Waals surface area contributed by atoms with Crippen molar-refractivity contribution in [3.05, 3.63) is 18.2 Å². The summed E-state index contributed by atoms with van der Waals surface area (Å²) in [4.78, 5) is 4.23. The van der Waals surface area contributed by atoms with Gasteiger partial charge in [-0.3, -0.25) is 0 Å². The van der Waals surface area contributed by atoms with Gasteiger partial charge in [0.2, 0.25) is 0 Å². The van der Waals surface area contributed by atoms with Crippen LogP contribution in [-0.4, -0.2) is 34.5 Å². The quantitative estimate of drug-likeness (QED) is 0.692. The van der Waals surface area contributed by atoms with E-state index in [4.69, 9.17) is 4.74 Å². The smallest absolute Gasteiger partial charge is 0.111 e. The molecule has 0 spiro atoms. The average molecular weight is 212 g/mol. The molecule has 4 nitrogen and oxygen atoms in total. The van der Waals surface area contributed by atoms with E-state index in [-0.39, 0.29) is 6.10 Å². The molecule has 0 aliphatic carbocycles. The van der Waals surface area contributed by atoms with Crippen molar-refractivity contribution < 1.29 is 9.84 Å². The molecular formula is C11H20N2O2. The van der Waals surface area contributed by atoms with Gasteiger partial charge in [-0.2, -0.15) is 0 Å². The van der Waals surface area contributed by atoms with Gasteiger partial charge in [-0.15, -0.1) is 0 Å². The number of imidazole rings is 1. The van der Waals surface area contributed by atoms with Crippen molar-refractivity contribution in [1.82, 2.24) is 9.55 Å². The highest BCUT2D eigenvalue weighted by Gasteiger charge is 2.09. The van der Waals surface area contributed by atoms with Crippen LogP contribution in [0.3, 0.4) is 0 Å². The third kappa shape index (κ3) is 4.01. The van der Waals surface area contributed by atoms with Gasteiger partial charge in [0.25, 0.3) is 0 Å². The summed E-state index contributed by atoms with van der Waals surface area (Å²) in [5.41, 5.74) is 0. The first kappa shape index (κ1) is 12.2. The summed E-state index contributed by atoms with van der Waals surface area (Å²) < 4.78 is 7.00. The molecule has 0 amide bonds. The lowest BCUT2D eigenvalue weighted by Gasteiger charge is -2.10. The van der Waals surface area contributed by atoms with E-state index in [1.807, 2.05) is 6.20 Å². The number of methoxy groups -OCH3 is 1. The minimum Gasteiger partial charge on any atom is -0.393 e. The van der Waals surface area contributed by atoms with Gasteiger partial charge in [0.15, 0.2) is 0 Å². The molecule has 1 unspecified atom stereocenters. The summed E-state index contributed by atoms with van der Waals surface area (Å²) in [5.74, 6) is 0.961. The number of aromatic nitrogens is 2. The summed E-state index contributed by atoms with van der Waals surface area (Å²) in [6.45, 7) is 3.68. The Morgan fingerprint density at radius 2 is 2.40 bits per heavy atom. The Hall–Kier alpha value is -0.870. The Bertz CT molecular complexity index is 273. The first-order valence-electron chi connectivity index (χ1n) is 5.45. The lowest BCUT2D eigenvalue weighted by Crippen LogP contribution is -2.15. The standard InChI is InChI=1S/C11H20N2O2/c1-3-13-7-6-12-11(13)9-10(14)5-4-8-15-2/h6-7,10,14H,3-5,8-9H2,1-2H3. The fraction of sp³-hybridized carbons (Fsp3) is 0.727. The van der Waals surface area contributed by atoms with Crippen LogP contribution in [0, 0.1) is 0 Å². The SMILES string of the molecule is CCn1ccnc1CC(O)CCCOC. The monoisotopic (exact) mass is 212 g/mol. The van der Waals surface area contributed by atoms with Gasteiger partial charge in [-0.25, -0.2) is 4.98 Å². The second kappa shape index (κ2) is 6.58. The number of hydrogen-bond acceptors (Lipinski definition) is 3. The Morgan fingerprint density at radius 1 is 1.60 bits per heavy atom. The molecule has 15 heavy (non-hydrogen) atoms. The van der Waals surface area contributed by atoms with Crippen molar-refractivity contribution in [1.29, 1.82) is 0 Å². The predicted octanol–water partition coefficient (Wildman–Crippen LogP) is 1.23. The Labute approximate surface area is 90.9 Å². The molecule has 0 radical (unpaired) electrons. The van der Waals surface area contributed by atoms with Crippen LogP contribution in [0.1, 0.15) is 25.6 Å². The highest BCUT2D eigenvalue weighted by molar-refractivity contribution is 4.93. The summed E-state index contributed by atoms with van der Waals surface area (Å²) in [6.07, 6.45) is 5.70. The largest absolute Gasteiger partial charge is 0.393 e. The van der Waals surface area contributed by atoms with Crippen LogP contribution < -0.4 is 0 Å². The minimum absolute atomic E-state index is 0.312. The highest BCUT2D eigenvalue weighted by atomic mass is 16.5. The number of aliphatic hydroxyl groups is 1. The van der Waals surface area contributed by atoms with Crippen LogP contribution in [0.25, 0.3) is 0 Å². The van der Waals surface area contributed by atoms with E-state index in [2.05, 4.69) is 16.5 Å². The van der Waals surface area contributed by atoms with Gasteiger partial charge >= 0.3 is 0 Å². The van der Waals surface area contributed by atoms with Crippen molar-refractivity contribution >= 4 is 0 Å². The van der Waals surface area contributed by atoms with Crippen LogP contribution >= 0.6 is 0 Å². The van der Waals surface area contributed by atoms with Crippen LogP contribution in [-0.2, 0) is 17.7 Å². The van der Waals surface area contributed by atoms with Crippen molar-refractivity contribution in [3.63, 3.8) is 0 Å². The Kier molecular flexibility index (Phi) is 5.36. The van der Waals surface area contributed by atoms with Gasteiger partial charge in [0.05, 0.1) is 6.10 Å². The first-order valence-corrected chi connectivity index (χ1v) is 5.45. The molecule has 0 bridgehead atoms. The molecule has 0 aromatic carbocycles. The molecule has 4 heteroatoms. The maximum atomic E-state index is 9.76. The van der Waals surface area contributed by atoms with Gasteiger partial charge in [-0.05, 0) is 19.8 Å². The van der Waals surface area contributed by atoms with E-state index in [1.165, 1.54) is 0 Å². The van der Waals surface area contributed by atoms with Gasteiger partial charge < -0.3 is 14.4 Å². The maximum Gasteiger partial charge on any atom is 0.111 e. The van der Waals surface area contributed by atoms with Crippen molar-refractivity contribution in [3.8, 4) is 0 Å². The normalized spacial score (nSPS) is 13.0. The Balaban J connectivity index is 2.33. The molecule has 1 aromatic rings. The molecule has 1 N–H and O–H groups in total. The fourth-order valence-corrected chi connectivity index (χ4v) is 1.59. The average Bonchev–Trinajstić information content (AvgIpc) is 2.65. The molecule has 0 aliphatic rings. The van der Waals surface area contributed by atoms with Crippen molar-refractivity contribution in [2.45, 2.75) is 38.8 Å².